The lowest BCUT2D eigenvalue weighted by Gasteiger charge is -2.18. The van der Waals surface area contributed by atoms with Crippen LogP contribution in [0.3, 0.4) is 0 Å². The molecule has 0 fully saturated rings. The van der Waals surface area contributed by atoms with Crippen molar-refractivity contribution >= 4 is 17.3 Å². The van der Waals surface area contributed by atoms with Crippen LogP contribution in [-0.4, -0.2) is 9.78 Å². The summed E-state index contributed by atoms with van der Waals surface area (Å²) in [5, 5.41) is 8.67. The number of hydrogen-bond donors (Lipinski definition) is 1. The average molecular weight is 278 g/mol. The predicted octanol–water partition coefficient (Wildman–Crippen LogP) is 3.98. The van der Waals surface area contributed by atoms with E-state index in [1.807, 2.05) is 36.0 Å². The van der Waals surface area contributed by atoms with Gasteiger partial charge in [-0.15, -0.1) is 0 Å². The van der Waals surface area contributed by atoms with Gasteiger partial charge in [0.2, 0.25) is 0 Å². The monoisotopic (exact) mass is 277 g/mol. The number of rotatable bonds is 3. The Labute approximate surface area is 119 Å². The first-order chi connectivity index (χ1) is 8.88. The lowest BCUT2D eigenvalue weighted by molar-refractivity contribution is 0.549. The number of anilines is 1. The van der Waals surface area contributed by atoms with Crippen molar-refractivity contribution in [1.82, 2.24) is 9.78 Å². The van der Waals surface area contributed by atoms with Crippen molar-refractivity contribution < 1.29 is 0 Å². The van der Waals surface area contributed by atoms with Crippen LogP contribution in [0, 0.1) is 0 Å². The number of hydrogen-bond acceptors (Lipinski definition) is 2. The van der Waals surface area contributed by atoms with E-state index < -0.39 is 0 Å². The number of nitrogens with one attached hydrogen (secondary N) is 1. The fourth-order valence-electron chi connectivity index (χ4n) is 2.09. The van der Waals surface area contributed by atoms with E-state index in [1.54, 1.807) is 0 Å². The summed E-state index contributed by atoms with van der Waals surface area (Å²) in [5.74, 6) is 0. The van der Waals surface area contributed by atoms with E-state index in [0.717, 1.165) is 22.9 Å². The van der Waals surface area contributed by atoms with Gasteiger partial charge in [0.05, 0.1) is 16.4 Å². The summed E-state index contributed by atoms with van der Waals surface area (Å²) in [5.41, 5.74) is 3.32. The van der Waals surface area contributed by atoms with Crippen LogP contribution in [-0.2, 0) is 19.0 Å². The molecule has 102 valence electrons. The number of benzene rings is 1. The highest BCUT2D eigenvalue weighted by molar-refractivity contribution is 6.33. The van der Waals surface area contributed by atoms with Gasteiger partial charge in [-0.25, -0.2) is 0 Å². The highest BCUT2D eigenvalue weighted by Gasteiger charge is 2.21. The largest absolute Gasteiger partial charge is 0.380 e. The van der Waals surface area contributed by atoms with Crippen molar-refractivity contribution in [2.24, 2.45) is 7.05 Å². The molecule has 2 rings (SSSR count). The van der Waals surface area contributed by atoms with Crippen LogP contribution in [0.4, 0.5) is 5.69 Å². The Kier molecular flexibility index (Phi) is 3.85. The number of aromatic nitrogens is 2. The Morgan fingerprint density at radius 2 is 1.95 bits per heavy atom. The Balaban J connectivity index is 2.19. The van der Waals surface area contributed by atoms with Crippen molar-refractivity contribution in [3.05, 3.63) is 46.7 Å². The molecule has 0 saturated heterocycles. The van der Waals surface area contributed by atoms with Gasteiger partial charge < -0.3 is 5.32 Å². The highest BCUT2D eigenvalue weighted by Crippen LogP contribution is 2.26. The highest BCUT2D eigenvalue weighted by atomic mass is 35.5. The second-order valence-electron chi connectivity index (χ2n) is 5.76. The second-order valence-corrected chi connectivity index (χ2v) is 6.17. The Morgan fingerprint density at radius 1 is 1.26 bits per heavy atom. The van der Waals surface area contributed by atoms with Crippen LogP contribution in [0.5, 0.6) is 0 Å². The minimum Gasteiger partial charge on any atom is -0.380 e. The molecule has 0 aliphatic heterocycles. The smallest absolute Gasteiger partial charge is 0.0727 e. The average Bonchev–Trinajstić information content (AvgIpc) is 2.69. The number of halogens is 1. The Bertz CT molecular complexity index is 567. The standard InChI is InChI=1S/C15H20ClN3/c1-15(2,3)14-11(10-19(4)18-14)9-17-13-8-6-5-7-12(13)16/h5-8,10,17H,9H2,1-4H3. The molecule has 0 unspecified atom stereocenters. The van der Waals surface area contributed by atoms with E-state index in [-0.39, 0.29) is 5.41 Å². The maximum atomic E-state index is 6.14. The predicted molar refractivity (Wildman–Crippen MR) is 80.7 cm³/mol. The van der Waals surface area contributed by atoms with Crippen molar-refractivity contribution in [3.63, 3.8) is 0 Å². The molecule has 0 atom stereocenters. The van der Waals surface area contributed by atoms with Gasteiger partial charge >= 0.3 is 0 Å². The molecule has 0 bridgehead atoms. The third-order valence-electron chi connectivity index (χ3n) is 2.96. The molecule has 1 heterocycles. The number of para-hydroxylation sites is 1. The van der Waals surface area contributed by atoms with E-state index in [0.29, 0.717) is 0 Å². The fraction of sp³-hybridized carbons (Fsp3) is 0.400. The third-order valence-corrected chi connectivity index (χ3v) is 3.29. The molecule has 0 aliphatic carbocycles. The lowest BCUT2D eigenvalue weighted by Crippen LogP contribution is -2.16. The van der Waals surface area contributed by atoms with E-state index in [1.165, 1.54) is 5.56 Å². The topological polar surface area (TPSA) is 29.9 Å². The number of aryl methyl sites for hydroxylation is 1. The van der Waals surface area contributed by atoms with Crippen LogP contribution >= 0.6 is 11.6 Å². The molecule has 0 amide bonds. The molecule has 1 N–H and O–H groups in total. The van der Waals surface area contributed by atoms with Gasteiger partial charge in [-0.05, 0) is 12.1 Å². The summed E-state index contributed by atoms with van der Waals surface area (Å²) < 4.78 is 1.87. The fourth-order valence-corrected chi connectivity index (χ4v) is 2.30. The van der Waals surface area contributed by atoms with Crippen LogP contribution in [0.1, 0.15) is 32.0 Å². The summed E-state index contributed by atoms with van der Waals surface area (Å²) in [6.07, 6.45) is 2.06. The molecular weight excluding hydrogens is 258 g/mol. The van der Waals surface area contributed by atoms with Crippen molar-refractivity contribution in [2.45, 2.75) is 32.7 Å². The summed E-state index contributed by atoms with van der Waals surface area (Å²) in [7, 11) is 1.95. The summed E-state index contributed by atoms with van der Waals surface area (Å²) in [4.78, 5) is 0. The second kappa shape index (κ2) is 5.25. The van der Waals surface area contributed by atoms with E-state index in [2.05, 4.69) is 37.4 Å². The van der Waals surface area contributed by atoms with Gasteiger partial charge in [0, 0.05) is 30.8 Å². The van der Waals surface area contributed by atoms with Crippen LogP contribution in [0.25, 0.3) is 0 Å². The molecule has 3 nitrogen and oxygen atoms in total. The van der Waals surface area contributed by atoms with Gasteiger partial charge in [0.15, 0.2) is 0 Å². The molecular formula is C15H20ClN3. The Hall–Kier alpha value is -1.48. The van der Waals surface area contributed by atoms with E-state index in [9.17, 15) is 0 Å². The summed E-state index contributed by atoms with van der Waals surface area (Å²) in [6, 6.07) is 7.77. The number of nitrogens with zero attached hydrogens (tertiary/aromatic N) is 2. The first kappa shape index (κ1) is 13.9. The minimum absolute atomic E-state index is 0.0404. The normalized spacial score (nSPS) is 11.6. The SMILES string of the molecule is Cn1cc(CNc2ccccc2Cl)c(C(C)(C)C)n1. The van der Waals surface area contributed by atoms with E-state index >= 15 is 0 Å². The molecule has 0 radical (unpaired) electrons. The molecule has 2 aromatic rings. The molecule has 0 aliphatic rings. The maximum absolute atomic E-state index is 6.14. The van der Waals surface area contributed by atoms with Crippen LogP contribution in [0.15, 0.2) is 30.5 Å². The molecule has 19 heavy (non-hydrogen) atoms. The maximum Gasteiger partial charge on any atom is 0.0727 e. The zero-order valence-corrected chi connectivity index (χ0v) is 12.6. The first-order valence-corrected chi connectivity index (χ1v) is 6.77. The first-order valence-electron chi connectivity index (χ1n) is 6.39. The molecule has 1 aromatic carbocycles. The van der Waals surface area contributed by atoms with E-state index in [4.69, 9.17) is 11.6 Å². The van der Waals surface area contributed by atoms with Crippen LogP contribution < -0.4 is 5.32 Å². The zero-order valence-electron chi connectivity index (χ0n) is 11.9. The van der Waals surface area contributed by atoms with Gasteiger partial charge in [0.25, 0.3) is 0 Å². The van der Waals surface area contributed by atoms with Gasteiger partial charge in [-0.3, -0.25) is 4.68 Å². The Morgan fingerprint density at radius 3 is 2.58 bits per heavy atom. The van der Waals surface area contributed by atoms with Gasteiger partial charge in [-0.1, -0.05) is 44.5 Å². The molecule has 0 saturated carbocycles. The lowest BCUT2D eigenvalue weighted by atomic mass is 9.89. The molecule has 0 spiro atoms. The van der Waals surface area contributed by atoms with Crippen molar-refractivity contribution in [2.75, 3.05) is 5.32 Å². The summed E-state index contributed by atoms with van der Waals surface area (Å²) >= 11 is 6.14. The van der Waals surface area contributed by atoms with Gasteiger partial charge in [0.1, 0.15) is 0 Å². The quantitative estimate of drug-likeness (QED) is 0.920. The zero-order chi connectivity index (χ0) is 14.0. The van der Waals surface area contributed by atoms with Crippen molar-refractivity contribution in [1.29, 1.82) is 0 Å². The summed E-state index contributed by atoms with van der Waals surface area (Å²) in [6.45, 7) is 7.25. The van der Waals surface area contributed by atoms with Gasteiger partial charge in [-0.2, -0.15) is 5.10 Å². The molecule has 1 aromatic heterocycles. The molecule has 4 heteroatoms. The van der Waals surface area contributed by atoms with Crippen LogP contribution in [0.2, 0.25) is 5.02 Å². The van der Waals surface area contributed by atoms with Crippen molar-refractivity contribution in [3.8, 4) is 0 Å². The third kappa shape index (κ3) is 3.29. The minimum atomic E-state index is 0.0404.